The molecule has 27 heavy (non-hydrogen) atoms. The van der Waals surface area contributed by atoms with Crippen LogP contribution in [0.4, 0.5) is 0 Å². The topological polar surface area (TPSA) is 70.1 Å². The van der Waals surface area contributed by atoms with Crippen molar-refractivity contribution in [2.24, 2.45) is 0 Å². The lowest BCUT2D eigenvalue weighted by Gasteiger charge is -2.26. The first kappa shape index (κ1) is 17.0. The maximum Gasteiger partial charge on any atom is 0.274 e. The van der Waals surface area contributed by atoms with Crippen molar-refractivity contribution in [1.29, 1.82) is 0 Å². The summed E-state index contributed by atoms with van der Waals surface area (Å²) in [6.45, 7) is 8.70. The average molecular weight is 368 g/mol. The lowest BCUT2D eigenvalue weighted by molar-refractivity contribution is 0.0727. The molecule has 1 fully saturated rings. The lowest BCUT2D eigenvalue weighted by atomic mass is 10.0. The second-order valence-corrected chi connectivity index (χ2v) is 8.48. The Morgan fingerprint density at radius 2 is 2.07 bits per heavy atom. The highest BCUT2D eigenvalue weighted by Crippen LogP contribution is 2.42. The van der Waals surface area contributed by atoms with E-state index in [9.17, 15) is 4.79 Å². The number of hydrogen-bond donors (Lipinski definition) is 1. The largest absolute Gasteiger partial charge is 0.332 e. The van der Waals surface area contributed by atoms with Crippen molar-refractivity contribution in [3.63, 3.8) is 0 Å². The molecule has 1 amide bonds. The van der Waals surface area contributed by atoms with Crippen LogP contribution in [0.5, 0.6) is 0 Å². The quantitative estimate of drug-likeness (QED) is 0.902. The number of aromatic nitrogens is 4. The molecule has 7 heteroatoms. The monoisotopic (exact) mass is 368 g/mol. The molecule has 0 spiro atoms. The van der Waals surface area contributed by atoms with Crippen LogP contribution in [0.3, 0.4) is 0 Å². The molecule has 5 rings (SSSR count). The highest BCUT2D eigenvalue weighted by Gasteiger charge is 2.34. The number of H-pyrrole nitrogens is 1. The number of hydrogen-bond acceptors (Lipinski definition) is 4. The van der Waals surface area contributed by atoms with Crippen molar-refractivity contribution in [1.82, 2.24) is 29.8 Å². The molecule has 1 N–H and O–H groups in total. The summed E-state index contributed by atoms with van der Waals surface area (Å²) >= 11 is 0. The van der Waals surface area contributed by atoms with Crippen molar-refractivity contribution in [3.05, 3.63) is 34.4 Å². The molecule has 3 aliphatic rings. The van der Waals surface area contributed by atoms with Gasteiger partial charge in [-0.1, -0.05) is 0 Å². The van der Waals surface area contributed by atoms with Gasteiger partial charge in [-0.3, -0.25) is 19.5 Å². The smallest absolute Gasteiger partial charge is 0.274 e. The number of nitrogens with one attached hydrogen (secondary N) is 1. The fraction of sp³-hybridized carbons (Fsp3) is 0.650. The summed E-state index contributed by atoms with van der Waals surface area (Å²) in [5.41, 5.74) is 5.41. The third-order valence-corrected chi connectivity index (χ3v) is 6.21. The van der Waals surface area contributed by atoms with E-state index in [2.05, 4.69) is 34.0 Å². The van der Waals surface area contributed by atoms with Crippen molar-refractivity contribution in [2.75, 3.05) is 13.1 Å². The Kier molecular flexibility index (Phi) is 4.07. The van der Waals surface area contributed by atoms with Gasteiger partial charge in [-0.05, 0) is 39.2 Å². The van der Waals surface area contributed by atoms with E-state index in [0.717, 1.165) is 44.7 Å². The third-order valence-electron chi connectivity index (χ3n) is 6.21. The third kappa shape index (κ3) is 3.08. The first-order valence-corrected chi connectivity index (χ1v) is 10.3. The van der Waals surface area contributed by atoms with Crippen molar-refractivity contribution < 1.29 is 4.79 Å². The Bertz CT molecular complexity index is 862. The number of fused-ring (bicyclic) bond motifs is 2. The fourth-order valence-electron chi connectivity index (χ4n) is 4.38. The standard InChI is InChI=1S/C20H28N6O/c1-13(2)24-7-3-8-26-15(11-24)10-18(23-26)20(27)25-9-6-17-16(12-25)19(22-21-17)14-4-5-14/h10,13-14H,3-9,11-12H2,1-2H3,(H,21,22). The van der Waals surface area contributed by atoms with Crippen LogP contribution in [0.15, 0.2) is 6.07 Å². The van der Waals surface area contributed by atoms with Crippen LogP contribution < -0.4 is 0 Å². The zero-order valence-corrected chi connectivity index (χ0v) is 16.2. The van der Waals surface area contributed by atoms with Gasteiger partial charge in [0.2, 0.25) is 0 Å². The van der Waals surface area contributed by atoms with Crippen molar-refractivity contribution in [3.8, 4) is 0 Å². The highest BCUT2D eigenvalue weighted by atomic mass is 16.2. The maximum atomic E-state index is 13.2. The van der Waals surface area contributed by atoms with E-state index in [1.807, 2.05) is 15.6 Å². The summed E-state index contributed by atoms with van der Waals surface area (Å²) in [5, 5.41) is 12.4. The molecular weight excluding hydrogens is 340 g/mol. The van der Waals surface area contributed by atoms with Gasteiger partial charge in [0, 0.05) is 62.4 Å². The predicted molar refractivity (Wildman–Crippen MR) is 101 cm³/mol. The van der Waals surface area contributed by atoms with Gasteiger partial charge in [-0.15, -0.1) is 0 Å². The summed E-state index contributed by atoms with van der Waals surface area (Å²) in [5.74, 6) is 0.658. The molecule has 2 aromatic rings. The molecule has 1 aliphatic carbocycles. The second kappa shape index (κ2) is 6.48. The van der Waals surface area contributed by atoms with Crippen LogP contribution in [0, 0.1) is 0 Å². The first-order valence-electron chi connectivity index (χ1n) is 10.3. The van der Waals surface area contributed by atoms with Gasteiger partial charge in [0.1, 0.15) is 0 Å². The molecule has 0 atom stereocenters. The SMILES string of the molecule is CC(C)N1CCCn2nc(C(=O)N3CCc4[nH]nc(C5CC5)c4C3)cc2C1. The van der Waals surface area contributed by atoms with Gasteiger partial charge in [0.15, 0.2) is 5.69 Å². The molecule has 0 radical (unpaired) electrons. The summed E-state index contributed by atoms with van der Waals surface area (Å²) in [7, 11) is 0. The molecule has 7 nitrogen and oxygen atoms in total. The van der Waals surface area contributed by atoms with Crippen molar-refractivity contribution >= 4 is 5.91 Å². The lowest BCUT2D eigenvalue weighted by Crippen LogP contribution is -2.36. The second-order valence-electron chi connectivity index (χ2n) is 8.48. The average Bonchev–Trinajstić information content (AvgIpc) is 3.35. The van der Waals surface area contributed by atoms with E-state index in [4.69, 9.17) is 0 Å². The van der Waals surface area contributed by atoms with Gasteiger partial charge in [0.25, 0.3) is 5.91 Å². The Balaban J connectivity index is 1.36. The fourth-order valence-corrected chi connectivity index (χ4v) is 4.38. The number of rotatable bonds is 3. The normalized spacial score (nSPS) is 20.5. The van der Waals surface area contributed by atoms with Gasteiger partial charge >= 0.3 is 0 Å². The van der Waals surface area contributed by atoms with E-state index in [1.54, 1.807) is 0 Å². The zero-order chi connectivity index (χ0) is 18.5. The van der Waals surface area contributed by atoms with Crippen LogP contribution in [0.2, 0.25) is 0 Å². The molecule has 0 unspecified atom stereocenters. The maximum absolute atomic E-state index is 13.2. The van der Waals surface area contributed by atoms with E-state index in [0.29, 0.717) is 24.2 Å². The van der Waals surface area contributed by atoms with Crippen LogP contribution in [0.1, 0.15) is 72.2 Å². The number of carbonyl (C=O) groups excluding carboxylic acids is 1. The van der Waals surface area contributed by atoms with Crippen LogP contribution in [-0.2, 0) is 26.1 Å². The van der Waals surface area contributed by atoms with E-state index >= 15 is 0 Å². The minimum Gasteiger partial charge on any atom is -0.332 e. The zero-order valence-electron chi connectivity index (χ0n) is 16.2. The van der Waals surface area contributed by atoms with Crippen LogP contribution in [0.25, 0.3) is 0 Å². The first-order chi connectivity index (χ1) is 13.1. The van der Waals surface area contributed by atoms with Crippen molar-refractivity contribution in [2.45, 2.75) is 71.1 Å². The molecule has 1 saturated carbocycles. The van der Waals surface area contributed by atoms with Gasteiger partial charge in [0.05, 0.1) is 11.4 Å². The summed E-state index contributed by atoms with van der Waals surface area (Å²) in [6.07, 6.45) is 4.39. The molecular formula is C20H28N6O. The Morgan fingerprint density at radius 1 is 1.22 bits per heavy atom. The molecule has 2 aliphatic heterocycles. The molecule has 0 bridgehead atoms. The number of carbonyl (C=O) groups is 1. The van der Waals surface area contributed by atoms with Gasteiger partial charge in [-0.25, -0.2) is 0 Å². The van der Waals surface area contributed by atoms with Crippen LogP contribution >= 0.6 is 0 Å². The van der Waals surface area contributed by atoms with E-state index in [1.165, 1.54) is 29.8 Å². The summed E-state index contributed by atoms with van der Waals surface area (Å²) < 4.78 is 2.04. The highest BCUT2D eigenvalue weighted by molar-refractivity contribution is 5.92. The number of aryl methyl sites for hydroxylation is 1. The molecule has 0 aromatic carbocycles. The number of nitrogens with zero attached hydrogens (tertiary/aromatic N) is 5. The van der Waals surface area contributed by atoms with Crippen LogP contribution in [-0.4, -0.2) is 54.8 Å². The summed E-state index contributed by atoms with van der Waals surface area (Å²) in [4.78, 5) is 17.6. The Hall–Kier alpha value is -2.15. The Labute approximate surface area is 159 Å². The molecule has 0 saturated heterocycles. The number of amides is 1. The molecule has 2 aromatic heterocycles. The van der Waals surface area contributed by atoms with Gasteiger partial charge in [-0.2, -0.15) is 10.2 Å². The van der Waals surface area contributed by atoms with Gasteiger partial charge < -0.3 is 4.90 Å². The number of aromatic amines is 1. The molecule has 144 valence electrons. The van der Waals surface area contributed by atoms with E-state index in [-0.39, 0.29) is 5.91 Å². The Morgan fingerprint density at radius 3 is 2.85 bits per heavy atom. The summed E-state index contributed by atoms with van der Waals surface area (Å²) in [6, 6.07) is 2.52. The molecule has 4 heterocycles. The minimum absolute atomic E-state index is 0.0558. The predicted octanol–water partition coefficient (Wildman–Crippen LogP) is 2.30. The minimum atomic E-state index is 0.0558. The van der Waals surface area contributed by atoms with E-state index < -0.39 is 0 Å².